The second-order valence-corrected chi connectivity index (χ2v) is 4.83. The molecular formula is C10H13NO4S. The maximum atomic E-state index is 11.5. The molecule has 0 aliphatic carbocycles. The Kier molecular flexibility index (Phi) is 4.30. The monoisotopic (exact) mass is 243 g/mol. The van der Waals surface area contributed by atoms with E-state index in [9.17, 15) is 9.00 Å². The van der Waals surface area contributed by atoms with Gasteiger partial charge in [-0.25, -0.2) is 0 Å². The molecule has 0 aromatic heterocycles. The summed E-state index contributed by atoms with van der Waals surface area (Å²) < 4.78 is 10.7. The van der Waals surface area contributed by atoms with Crippen LogP contribution in [0.4, 0.5) is 0 Å². The van der Waals surface area contributed by atoms with Gasteiger partial charge in [0.2, 0.25) is 0 Å². The second kappa shape index (κ2) is 5.50. The molecule has 0 bridgehead atoms. The van der Waals surface area contributed by atoms with Gasteiger partial charge in [0, 0.05) is 41.0 Å². The summed E-state index contributed by atoms with van der Waals surface area (Å²) in [6.45, 7) is 0.290. The van der Waals surface area contributed by atoms with Gasteiger partial charge in [-0.3, -0.25) is 9.00 Å². The van der Waals surface area contributed by atoms with Crippen molar-refractivity contribution >= 4 is 16.7 Å². The van der Waals surface area contributed by atoms with Gasteiger partial charge in [-0.2, -0.15) is 0 Å². The van der Waals surface area contributed by atoms with E-state index in [2.05, 4.69) is 5.32 Å². The van der Waals surface area contributed by atoms with Gasteiger partial charge in [0.1, 0.15) is 11.5 Å². The number of carbonyl (C=O) groups excluding carboxylic acids is 1. The zero-order chi connectivity index (χ0) is 12.1. The summed E-state index contributed by atoms with van der Waals surface area (Å²) >= 11 is 0. The van der Waals surface area contributed by atoms with Crippen LogP contribution in [0.2, 0.25) is 0 Å². The van der Waals surface area contributed by atoms with Crippen molar-refractivity contribution in [3.8, 4) is 11.5 Å². The molecule has 0 fully saturated rings. The van der Waals surface area contributed by atoms with Crippen LogP contribution >= 0.6 is 0 Å². The molecular weight excluding hydrogens is 230 g/mol. The molecule has 0 radical (unpaired) electrons. The minimum Gasteiger partial charge on any atom is -0.508 e. The quantitative estimate of drug-likeness (QED) is 0.705. The summed E-state index contributed by atoms with van der Waals surface area (Å²) in [5.41, 5.74) is 0.166. The molecule has 3 N–H and O–H groups in total. The summed E-state index contributed by atoms with van der Waals surface area (Å²) in [5.74, 6) is -0.402. The van der Waals surface area contributed by atoms with E-state index >= 15 is 0 Å². The number of carbonyl (C=O) groups is 1. The Bertz CT molecular complexity index is 399. The first-order valence-electron chi connectivity index (χ1n) is 4.60. The Hall–Kier alpha value is -1.56. The van der Waals surface area contributed by atoms with Gasteiger partial charge in [0.05, 0.1) is 0 Å². The van der Waals surface area contributed by atoms with Crippen LogP contribution in [0.5, 0.6) is 11.5 Å². The number of nitrogens with one attached hydrogen (secondary N) is 1. The lowest BCUT2D eigenvalue weighted by atomic mass is 10.2. The van der Waals surface area contributed by atoms with Crippen LogP contribution in [0.3, 0.4) is 0 Å². The molecule has 6 heteroatoms. The molecule has 1 amide bonds. The van der Waals surface area contributed by atoms with Crippen LogP contribution in [-0.2, 0) is 10.8 Å². The first-order chi connectivity index (χ1) is 7.49. The first-order valence-corrected chi connectivity index (χ1v) is 6.33. The van der Waals surface area contributed by atoms with Crippen LogP contribution in [-0.4, -0.2) is 38.9 Å². The highest BCUT2D eigenvalue weighted by Gasteiger charge is 2.07. The zero-order valence-electron chi connectivity index (χ0n) is 8.77. The van der Waals surface area contributed by atoms with E-state index in [-0.39, 0.29) is 17.1 Å². The fourth-order valence-corrected chi connectivity index (χ4v) is 1.53. The van der Waals surface area contributed by atoms with Crippen LogP contribution in [0.25, 0.3) is 0 Å². The minimum atomic E-state index is -0.961. The van der Waals surface area contributed by atoms with Crippen molar-refractivity contribution < 1.29 is 19.2 Å². The number of phenolic OH excluding ortho intramolecular Hbond substituents is 2. The third kappa shape index (κ3) is 3.90. The fraction of sp³-hybridized carbons (Fsp3) is 0.300. The smallest absolute Gasteiger partial charge is 0.251 e. The van der Waals surface area contributed by atoms with Crippen molar-refractivity contribution in [2.24, 2.45) is 0 Å². The maximum absolute atomic E-state index is 11.5. The van der Waals surface area contributed by atoms with Crippen LogP contribution in [0.1, 0.15) is 10.4 Å². The van der Waals surface area contributed by atoms with Crippen molar-refractivity contribution in [2.45, 2.75) is 0 Å². The van der Waals surface area contributed by atoms with Crippen LogP contribution < -0.4 is 5.32 Å². The number of amides is 1. The highest BCUT2D eigenvalue weighted by atomic mass is 32.2. The molecule has 1 aromatic rings. The van der Waals surface area contributed by atoms with Crippen molar-refractivity contribution in [2.75, 3.05) is 18.6 Å². The van der Waals surface area contributed by atoms with Gasteiger partial charge in [-0.1, -0.05) is 0 Å². The number of rotatable bonds is 4. The Morgan fingerprint density at radius 3 is 2.38 bits per heavy atom. The Balaban J connectivity index is 2.62. The van der Waals surface area contributed by atoms with Crippen molar-refractivity contribution in [1.82, 2.24) is 5.32 Å². The van der Waals surface area contributed by atoms with E-state index in [1.807, 2.05) is 0 Å². The van der Waals surface area contributed by atoms with E-state index in [0.717, 1.165) is 6.07 Å². The Morgan fingerprint density at radius 2 is 1.88 bits per heavy atom. The number of aromatic hydroxyl groups is 2. The highest BCUT2D eigenvalue weighted by molar-refractivity contribution is 7.84. The molecule has 0 heterocycles. The largest absolute Gasteiger partial charge is 0.508 e. The average Bonchev–Trinajstić information content (AvgIpc) is 2.15. The standard InChI is InChI=1S/C10H13NO4S/c1-16(15)3-2-11-10(14)7-4-8(12)6-9(13)5-7/h4-6,12-13H,2-3H2,1H3,(H,11,14). The lowest BCUT2D eigenvalue weighted by Gasteiger charge is -2.05. The minimum absolute atomic E-state index is 0.166. The summed E-state index contributed by atoms with van der Waals surface area (Å²) in [5, 5.41) is 20.9. The van der Waals surface area contributed by atoms with Gasteiger partial charge in [0.25, 0.3) is 5.91 Å². The fourth-order valence-electron chi connectivity index (χ4n) is 1.14. The molecule has 0 spiro atoms. The molecule has 0 aliphatic heterocycles. The van der Waals surface area contributed by atoms with Gasteiger partial charge >= 0.3 is 0 Å². The predicted octanol–water partition coefficient (Wildman–Crippen LogP) is 0.206. The van der Waals surface area contributed by atoms with E-state index in [4.69, 9.17) is 10.2 Å². The number of hydrogen-bond donors (Lipinski definition) is 3. The average molecular weight is 243 g/mol. The van der Waals surface area contributed by atoms with Crippen molar-refractivity contribution in [3.05, 3.63) is 23.8 Å². The molecule has 1 rings (SSSR count). The molecule has 1 unspecified atom stereocenters. The van der Waals surface area contributed by atoms with E-state index < -0.39 is 16.7 Å². The SMILES string of the molecule is CS(=O)CCNC(=O)c1cc(O)cc(O)c1. The lowest BCUT2D eigenvalue weighted by molar-refractivity contribution is 0.0955. The second-order valence-electron chi connectivity index (χ2n) is 3.27. The first kappa shape index (κ1) is 12.5. The molecule has 88 valence electrons. The van der Waals surface area contributed by atoms with Crippen molar-refractivity contribution in [3.63, 3.8) is 0 Å². The zero-order valence-corrected chi connectivity index (χ0v) is 9.58. The van der Waals surface area contributed by atoms with Gasteiger partial charge in [-0.15, -0.1) is 0 Å². The summed E-state index contributed by atoms with van der Waals surface area (Å²) in [4.78, 5) is 11.5. The Labute approximate surface area is 95.6 Å². The topological polar surface area (TPSA) is 86.6 Å². The molecule has 0 saturated carbocycles. The molecule has 1 atom stereocenters. The third-order valence-electron chi connectivity index (χ3n) is 1.84. The molecule has 5 nitrogen and oxygen atoms in total. The Morgan fingerprint density at radius 1 is 1.31 bits per heavy atom. The predicted molar refractivity (Wildman–Crippen MR) is 61.0 cm³/mol. The number of hydrogen-bond acceptors (Lipinski definition) is 4. The number of benzene rings is 1. The molecule has 0 saturated heterocycles. The molecule has 16 heavy (non-hydrogen) atoms. The van der Waals surface area contributed by atoms with Gasteiger partial charge < -0.3 is 15.5 Å². The summed E-state index contributed by atoms with van der Waals surface area (Å²) in [6.07, 6.45) is 1.55. The molecule has 1 aromatic carbocycles. The van der Waals surface area contributed by atoms with Gasteiger partial charge in [-0.05, 0) is 12.1 Å². The third-order valence-corrected chi connectivity index (χ3v) is 2.62. The van der Waals surface area contributed by atoms with Gasteiger partial charge in [0.15, 0.2) is 0 Å². The number of phenols is 2. The summed E-state index contributed by atoms with van der Waals surface area (Å²) in [7, 11) is -0.961. The van der Waals surface area contributed by atoms with E-state index in [1.165, 1.54) is 12.1 Å². The van der Waals surface area contributed by atoms with Crippen LogP contribution in [0, 0.1) is 0 Å². The van der Waals surface area contributed by atoms with Crippen LogP contribution in [0.15, 0.2) is 18.2 Å². The highest BCUT2D eigenvalue weighted by Crippen LogP contribution is 2.20. The maximum Gasteiger partial charge on any atom is 0.251 e. The molecule has 0 aliphatic rings. The van der Waals surface area contributed by atoms with E-state index in [1.54, 1.807) is 6.26 Å². The normalized spacial score (nSPS) is 12.1. The van der Waals surface area contributed by atoms with Crippen molar-refractivity contribution in [1.29, 1.82) is 0 Å². The lowest BCUT2D eigenvalue weighted by Crippen LogP contribution is -2.27. The summed E-state index contributed by atoms with van der Waals surface area (Å²) in [6, 6.07) is 3.63. The van der Waals surface area contributed by atoms with E-state index in [0.29, 0.717) is 12.3 Å².